The fraction of sp³-hybridized carbons (Fsp3) is 0.400. The van der Waals surface area contributed by atoms with Crippen molar-refractivity contribution in [3.63, 3.8) is 0 Å². The molecule has 0 aliphatic rings. The van der Waals surface area contributed by atoms with E-state index in [1.165, 1.54) is 10.9 Å². The highest BCUT2D eigenvalue weighted by atomic mass is 32.1. The van der Waals surface area contributed by atoms with Gasteiger partial charge >= 0.3 is 0 Å². The molecule has 0 bridgehead atoms. The molecule has 0 saturated carbocycles. The van der Waals surface area contributed by atoms with Gasteiger partial charge in [-0.05, 0) is 18.9 Å². The first-order chi connectivity index (χ1) is 10.1. The third kappa shape index (κ3) is 4.34. The Balaban J connectivity index is 2.10. The van der Waals surface area contributed by atoms with Crippen LogP contribution in [0.1, 0.15) is 41.3 Å². The highest BCUT2D eigenvalue weighted by molar-refractivity contribution is 7.11. The number of aryl methyl sites for hydroxylation is 1. The van der Waals surface area contributed by atoms with E-state index in [1.807, 2.05) is 19.2 Å². The number of thiazole rings is 1. The summed E-state index contributed by atoms with van der Waals surface area (Å²) in [4.78, 5) is 16.1. The molecule has 2 aromatic rings. The smallest absolute Gasteiger partial charge is 0.269 e. The number of aromatic nitrogens is 1. The highest BCUT2D eigenvalue weighted by Gasteiger charge is 2.14. The van der Waals surface area contributed by atoms with E-state index in [-0.39, 0.29) is 16.7 Å². The van der Waals surface area contributed by atoms with Crippen LogP contribution in [0.5, 0.6) is 0 Å². The zero-order valence-electron chi connectivity index (χ0n) is 12.2. The van der Waals surface area contributed by atoms with Crippen molar-refractivity contribution in [2.75, 3.05) is 0 Å². The molecule has 0 fully saturated rings. The Hall–Kier alpha value is -1.79. The maximum Gasteiger partial charge on any atom is 0.269 e. The van der Waals surface area contributed by atoms with Gasteiger partial charge in [0.2, 0.25) is 0 Å². The number of nitrogens with one attached hydrogen (secondary N) is 1. The third-order valence-corrected chi connectivity index (χ3v) is 4.14. The van der Waals surface area contributed by atoms with Crippen LogP contribution in [0.2, 0.25) is 0 Å². The second-order valence-electron chi connectivity index (χ2n) is 4.94. The molecule has 0 radical (unpaired) electrons. The van der Waals surface area contributed by atoms with Crippen LogP contribution in [0.25, 0.3) is 0 Å². The summed E-state index contributed by atoms with van der Waals surface area (Å²) in [6, 6.07) is 6.97. The van der Waals surface area contributed by atoms with Crippen LogP contribution in [0.3, 0.4) is 0 Å². The van der Waals surface area contributed by atoms with Crippen molar-refractivity contribution >= 4 is 17.0 Å². The van der Waals surface area contributed by atoms with Crippen LogP contribution in [-0.2, 0) is 6.54 Å². The zero-order chi connectivity index (χ0) is 15.2. The Morgan fingerprint density at radius 1 is 1.48 bits per heavy atom. The number of nitro groups is 1. The van der Waals surface area contributed by atoms with E-state index in [9.17, 15) is 10.1 Å². The molecule has 1 unspecified atom stereocenters. The summed E-state index contributed by atoms with van der Waals surface area (Å²) in [5, 5.41) is 15.4. The van der Waals surface area contributed by atoms with Crippen molar-refractivity contribution in [1.29, 1.82) is 0 Å². The summed E-state index contributed by atoms with van der Waals surface area (Å²) >= 11 is 1.67. The molecule has 2 rings (SSSR count). The first kappa shape index (κ1) is 15.6. The fourth-order valence-electron chi connectivity index (χ4n) is 2.22. The van der Waals surface area contributed by atoms with E-state index in [1.54, 1.807) is 23.5 Å². The minimum atomic E-state index is -0.351. The predicted molar refractivity (Wildman–Crippen MR) is 84.4 cm³/mol. The first-order valence-corrected chi connectivity index (χ1v) is 7.81. The Morgan fingerprint density at radius 2 is 2.29 bits per heavy atom. The average molecular weight is 305 g/mol. The van der Waals surface area contributed by atoms with Gasteiger partial charge in [0, 0.05) is 35.8 Å². The molecule has 0 aliphatic carbocycles. The molecule has 1 heterocycles. The van der Waals surface area contributed by atoms with Gasteiger partial charge in [-0.25, -0.2) is 4.98 Å². The molecule has 1 aromatic heterocycles. The van der Waals surface area contributed by atoms with E-state index in [2.05, 4.69) is 17.2 Å². The summed E-state index contributed by atoms with van der Waals surface area (Å²) in [5.41, 5.74) is 1.10. The first-order valence-electron chi connectivity index (χ1n) is 6.99. The van der Waals surface area contributed by atoms with E-state index in [0.29, 0.717) is 6.54 Å². The topological polar surface area (TPSA) is 68.1 Å². The van der Waals surface area contributed by atoms with Gasteiger partial charge in [-0.15, -0.1) is 11.3 Å². The largest absolute Gasteiger partial charge is 0.304 e. The highest BCUT2D eigenvalue weighted by Crippen LogP contribution is 2.23. The second kappa shape index (κ2) is 7.28. The number of benzene rings is 1. The maximum absolute atomic E-state index is 10.9. The molecular formula is C15H19N3O2S. The summed E-state index contributed by atoms with van der Waals surface area (Å²) < 4.78 is 0. The molecule has 112 valence electrons. The molecule has 1 aromatic carbocycles. The summed E-state index contributed by atoms with van der Waals surface area (Å²) in [6.07, 6.45) is 3.81. The van der Waals surface area contributed by atoms with Gasteiger partial charge in [-0.2, -0.15) is 0 Å². The number of rotatable bonds is 7. The molecule has 5 nitrogen and oxygen atoms in total. The lowest BCUT2D eigenvalue weighted by Crippen LogP contribution is -2.20. The molecule has 1 atom stereocenters. The van der Waals surface area contributed by atoms with Crippen LogP contribution < -0.4 is 5.32 Å². The van der Waals surface area contributed by atoms with Gasteiger partial charge < -0.3 is 5.32 Å². The molecule has 1 N–H and O–H groups in total. The maximum atomic E-state index is 10.9. The van der Waals surface area contributed by atoms with Crippen LogP contribution in [0.15, 0.2) is 30.5 Å². The number of non-ortho nitro benzene ring substituents is 1. The van der Waals surface area contributed by atoms with Crippen molar-refractivity contribution in [1.82, 2.24) is 10.3 Å². The minimum absolute atomic E-state index is 0.110. The summed E-state index contributed by atoms with van der Waals surface area (Å²) in [7, 11) is 0. The van der Waals surface area contributed by atoms with Crippen molar-refractivity contribution < 1.29 is 4.92 Å². The molecule has 0 aliphatic heterocycles. The Labute approximate surface area is 128 Å². The quantitative estimate of drug-likeness (QED) is 0.620. The summed E-state index contributed by atoms with van der Waals surface area (Å²) in [6.45, 7) is 4.83. The number of hydrogen-bond acceptors (Lipinski definition) is 5. The van der Waals surface area contributed by atoms with E-state index in [4.69, 9.17) is 0 Å². The van der Waals surface area contributed by atoms with Crippen LogP contribution in [0, 0.1) is 17.0 Å². The number of nitrogens with zero attached hydrogens (tertiary/aromatic N) is 2. The molecule has 21 heavy (non-hydrogen) atoms. The lowest BCUT2D eigenvalue weighted by molar-refractivity contribution is -0.384. The van der Waals surface area contributed by atoms with E-state index in [0.717, 1.165) is 23.4 Å². The normalized spacial score (nSPS) is 12.3. The Kier molecular flexibility index (Phi) is 5.41. The van der Waals surface area contributed by atoms with Crippen LogP contribution in [-0.4, -0.2) is 9.91 Å². The Morgan fingerprint density at radius 3 is 2.90 bits per heavy atom. The molecule has 0 saturated heterocycles. The molecule has 6 heteroatoms. The number of hydrogen-bond donors (Lipinski definition) is 1. The second-order valence-corrected chi connectivity index (χ2v) is 6.26. The van der Waals surface area contributed by atoms with Crippen molar-refractivity contribution in [2.24, 2.45) is 0 Å². The van der Waals surface area contributed by atoms with Crippen molar-refractivity contribution in [3.8, 4) is 0 Å². The average Bonchev–Trinajstić information content (AvgIpc) is 2.89. The summed E-state index contributed by atoms with van der Waals surface area (Å²) in [5.74, 6) is 0. The Bertz CT molecular complexity index is 612. The van der Waals surface area contributed by atoms with Crippen molar-refractivity contribution in [2.45, 2.75) is 39.3 Å². The molecular weight excluding hydrogens is 286 g/mol. The van der Waals surface area contributed by atoms with Gasteiger partial charge in [0.1, 0.15) is 5.01 Å². The monoisotopic (exact) mass is 305 g/mol. The van der Waals surface area contributed by atoms with E-state index < -0.39 is 0 Å². The number of nitro benzene ring substituents is 1. The molecule has 0 amide bonds. The standard InChI is InChI=1S/C15H19N3O2S/c1-3-5-14(16-10-15-17-9-11(2)21-15)12-6-4-7-13(8-12)18(19)20/h4,6-9,14,16H,3,5,10H2,1-2H3. The lowest BCUT2D eigenvalue weighted by Gasteiger charge is -2.17. The predicted octanol–water partition coefficient (Wildman–Crippen LogP) is 3.99. The van der Waals surface area contributed by atoms with Gasteiger partial charge in [0.25, 0.3) is 5.69 Å². The van der Waals surface area contributed by atoms with E-state index >= 15 is 0 Å². The van der Waals surface area contributed by atoms with Crippen LogP contribution in [0.4, 0.5) is 5.69 Å². The van der Waals surface area contributed by atoms with Gasteiger partial charge in [0.05, 0.1) is 4.92 Å². The van der Waals surface area contributed by atoms with Crippen LogP contribution >= 0.6 is 11.3 Å². The fourth-order valence-corrected chi connectivity index (χ4v) is 2.96. The SMILES string of the molecule is CCCC(NCc1ncc(C)s1)c1cccc([N+](=O)[O-])c1. The minimum Gasteiger partial charge on any atom is -0.304 e. The zero-order valence-corrected chi connectivity index (χ0v) is 13.0. The van der Waals surface area contributed by atoms with Crippen molar-refractivity contribution in [3.05, 3.63) is 56.0 Å². The van der Waals surface area contributed by atoms with Gasteiger partial charge in [-0.3, -0.25) is 10.1 Å². The van der Waals surface area contributed by atoms with Gasteiger partial charge in [0.15, 0.2) is 0 Å². The van der Waals surface area contributed by atoms with Gasteiger partial charge in [-0.1, -0.05) is 25.5 Å². The lowest BCUT2D eigenvalue weighted by atomic mass is 10.0. The third-order valence-electron chi connectivity index (χ3n) is 3.23. The molecule has 0 spiro atoms.